The number of benzene rings is 2. The summed E-state index contributed by atoms with van der Waals surface area (Å²) in [6, 6.07) is 10.6. The number of fused-ring (bicyclic) bond motifs is 2. The van der Waals surface area contributed by atoms with Crippen molar-refractivity contribution in [3.05, 3.63) is 80.9 Å². The summed E-state index contributed by atoms with van der Waals surface area (Å²) in [5.41, 5.74) is 5.67. The number of anilines is 2. The van der Waals surface area contributed by atoms with Crippen LogP contribution in [0.5, 0.6) is 0 Å². The molecule has 280 valence electrons. The van der Waals surface area contributed by atoms with E-state index < -0.39 is 11.9 Å². The number of aliphatic hydroxyl groups excluding tert-OH is 1. The van der Waals surface area contributed by atoms with E-state index in [9.17, 15) is 24.6 Å². The van der Waals surface area contributed by atoms with Crippen molar-refractivity contribution in [1.82, 2.24) is 28.9 Å². The zero-order chi connectivity index (χ0) is 37.4. The van der Waals surface area contributed by atoms with Gasteiger partial charge in [0.15, 0.2) is 11.6 Å². The van der Waals surface area contributed by atoms with Crippen LogP contribution in [0.15, 0.2) is 36.4 Å². The summed E-state index contributed by atoms with van der Waals surface area (Å²) in [7, 11) is 3.68. The number of amides is 2. The minimum atomic E-state index is -0.690. The number of carboxylic acids is 1. The Hall–Kier alpha value is -4.27. The molecule has 0 spiro atoms. The fraction of sp³-hybridized carbons (Fsp3) is 0.447. The molecule has 0 atom stereocenters. The number of aliphatic carboxylic acids is 1. The van der Waals surface area contributed by atoms with Crippen molar-refractivity contribution >= 4 is 52.4 Å². The minimum absolute atomic E-state index is 0.0662. The molecule has 4 N–H and O–H groups in total. The number of imidazole rings is 2. The Kier molecular flexibility index (Phi) is 10.9. The predicted octanol–water partition coefficient (Wildman–Crippen LogP) is 5.23. The number of aromatic nitrogens is 4. The molecule has 1 saturated carbocycles. The molecule has 7 rings (SSSR count). The van der Waals surface area contributed by atoms with Crippen molar-refractivity contribution in [1.29, 1.82) is 0 Å². The van der Waals surface area contributed by atoms with E-state index in [-0.39, 0.29) is 29.3 Å². The average molecular weight is 764 g/mol. The molecule has 0 unspecified atom stereocenters. The Labute approximate surface area is 317 Å². The average Bonchev–Trinajstić information content (AvgIpc) is 3.65. The minimum Gasteiger partial charge on any atom is -0.481 e. The number of nitrogens with one attached hydrogen (secondary N) is 2. The van der Waals surface area contributed by atoms with E-state index in [0.717, 1.165) is 80.9 Å². The van der Waals surface area contributed by atoms with Crippen LogP contribution in [0, 0.1) is 11.8 Å². The van der Waals surface area contributed by atoms with E-state index in [1.54, 1.807) is 36.4 Å². The molecule has 2 amide bonds. The van der Waals surface area contributed by atoms with Crippen LogP contribution in [0.2, 0.25) is 10.0 Å². The highest BCUT2D eigenvalue weighted by molar-refractivity contribution is 6.40. The largest absolute Gasteiger partial charge is 0.481 e. The summed E-state index contributed by atoms with van der Waals surface area (Å²) >= 11 is 13.8. The maximum Gasteiger partial charge on any atom is 0.306 e. The summed E-state index contributed by atoms with van der Waals surface area (Å²) in [6.07, 6.45) is 4.78. The van der Waals surface area contributed by atoms with Crippen LogP contribution in [0.4, 0.5) is 11.4 Å². The normalized spacial score (nSPS) is 19.0. The Morgan fingerprint density at radius 2 is 1.26 bits per heavy atom. The second-order valence-electron chi connectivity index (χ2n) is 14.3. The van der Waals surface area contributed by atoms with Gasteiger partial charge in [-0.3, -0.25) is 24.2 Å². The van der Waals surface area contributed by atoms with Gasteiger partial charge in [0.1, 0.15) is 0 Å². The molecule has 3 aliphatic rings. The third-order valence-electron chi connectivity index (χ3n) is 11.0. The van der Waals surface area contributed by atoms with E-state index in [0.29, 0.717) is 58.9 Å². The molecule has 2 aliphatic heterocycles. The van der Waals surface area contributed by atoms with Crippen LogP contribution in [0.1, 0.15) is 69.7 Å². The van der Waals surface area contributed by atoms with Crippen LogP contribution in [0.25, 0.3) is 11.1 Å². The number of nitrogens with zero attached hydrogens (tertiary/aromatic N) is 6. The fourth-order valence-electron chi connectivity index (χ4n) is 8.05. The highest BCUT2D eigenvalue weighted by Crippen LogP contribution is 2.40. The molecule has 2 aromatic heterocycles. The molecule has 0 saturated heterocycles. The van der Waals surface area contributed by atoms with Crippen LogP contribution in [-0.4, -0.2) is 89.7 Å². The van der Waals surface area contributed by atoms with Gasteiger partial charge in [0, 0.05) is 88.7 Å². The van der Waals surface area contributed by atoms with Gasteiger partial charge in [0.25, 0.3) is 11.8 Å². The van der Waals surface area contributed by atoms with E-state index >= 15 is 0 Å². The van der Waals surface area contributed by atoms with E-state index in [2.05, 4.69) is 25.4 Å². The van der Waals surface area contributed by atoms with Gasteiger partial charge in [-0.05, 0) is 43.7 Å². The van der Waals surface area contributed by atoms with Gasteiger partial charge in [0.05, 0.1) is 45.3 Å². The first kappa shape index (κ1) is 37.1. The zero-order valence-corrected chi connectivity index (χ0v) is 31.4. The number of hydrogen-bond donors (Lipinski definition) is 4. The predicted molar refractivity (Wildman–Crippen MR) is 202 cm³/mol. The number of carbonyl (C=O) groups excluding carboxylic acids is 2. The summed E-state index contributed by atoms with van der Waals surface area (Å²) in [4.78, 5) is 52.3. The molecule has 13 nitrogen and oxygen atoms in total. The van der Waals surface area contributed by atoms with Crippen LogP contribution in [-0.2, 0) is 44.8 Å². The van der Waals surface area contributed by atoms with Gasteiger partial charge in [0.2, 0.25) is 0 Å². The van der Waals surface area contributed by atoms with Gasteiger partial charge in [-0.1, -0.05) is 47.5 Å². The van der Waals surface area contributed by atoms with Crippen molar-refractivity contribution in [2.75, 3.05) is 43.4 Å². The SMILES string of the molecule is Cn1c(C(=O)Nc2cccc(-c3cccc(NC(=O)c4nc5c(n4C)CCN(CC4CCC(C(=O)O)CC4)C5)c3Cl)c2Cl)nc2c1CCN(CCO)C2. The number of β-amino-alcohol motifs (C(OH)–C–C–N with tert-alkyl or cyclic N) is 1. The zero-order valence-electron chi connectivity index (χ0n) is 29.9. The summed E-state index contributed by atoms with van der Waals surface area (Å²) in [6.45, 7) is 4.37. The lowest BCUT2D eigenvalue weighted by molar-refractivity contribution is -0.143. The topological polar surface area (TPSA) is 158 Å². The third-order valence-corrected chi connectivity index (χ3v) is 11.8. The molecule has 53 heavy (non-hydrogen) atoms. The Balaban J connectivity index is 1.03. The Morgan fingerprint density at radius 1 is 0.774 bits per heavy atom. The van der Waals surface area contributed by atoms with Crippen LogP contribution < -0.4 is 10.6 Å². The van der Waals surface area contributed by atoms with Gasteiger partial charge in [-0.2, -0.15) is 0 Å². The van der Waals surface area contributed by atoms with E-state index in [4.69, 9.17) is 28.2 Å². The molecular formula is C38H44Cl2N8O5. The van der Waals surface area contributed by atoms with Gasteiger partial charge < -0.3 is 30.0 Å². The van der Waals surface area contributed by atoms with E-state index in [1.165, 1.54) is 0 Å². The van der Waals surface area contributed by atoms with Gasteiger partial charge >= 0.3 is 5.97 Å². The van der Waals surface area contributed by atoms with Crippen LogP contribution >= 0.6 is 23.2 Å². The quantitative estimate of drug-likeness (QED) is 0.170. The lowest BCUT2D eigenvalue weighted by Gasteiger charge is -2.33. The highest BCUT2D eigenvalue weighted by Gasteiger charge is 2.31. The number of rotatable bonds is 10. The standard InChI is InChI=1S/C38H44Cl2N8O5/c1-45-30-13-15-47(17-18-49)20-28(30)41-34(45)36(50)43-26-7-3-5-24(32(26)39)25-6-4-8-27(33(25)40)44-37(51)35-42-29-21-48(16-14-31(29)46(35)2)19-22-9-11-23(12-10-22)38(52)53/h3-8,22-23,49H,9-21H2,1-2H3,(H,43,50)(H,44,51)(H,52,53). The number of hydrogen-bond acceptors (Lipinski definition) is 8. The number of halogens is 2. The van der Waals surface area contributed by atoms with Gasteiger partial charge in [-0.15, -0.1) is 0 Å². The summed E-state index contributed by atoms with van der Waals surface area (Å²) < 4.78 is 3.66. The number of aliphatic hydroxyl groups is 1. The molecule has 4 aromatic rings. The van der Waals surface area contributed by atoms with Crippen molar-refractivity contribution in [3.63, 3.8) is 0 Å². The summed E-state index contributed by atoms with van der Waals surface area (Å²) in [5.74, 6) is -0.668. The lowest BCUT2D eigenvalue weighted by Crippen LogP contribution is -2.36. The summed E-state index contributed by atoms with van der Waals surface area (Å²) in [5, 5.41) is 25.1. The number of carbonyl (C=O) groups is 3. The smallest absolute Gasteiger partial charge is 0.306 e. The molecule has 15 heteroatoms. The lowest BCUT2D eigenvalue weighted by atomic mass is 9.81. The first-order chi connectivity index (χ1) is 25.5. The molecule has 0 radical (unpaired) electrons. The Morgan fingerprint density at radius 3 is 1.75 bits per heavy atom. The van der Waals surface area contributed by atoms with Crippen molar-refractivity contribution < 1.29 is 24.6 Å². The molecule has 1 fully saturated rings. The molecule has 4 heterocycles. The highest BCUT2D eigenvalue weighted by atomic mass is 35.5. The third kappa shape index (κ3) is 7.58. The maximum atomic E-state index is 13.7. The first-order valence-electron chi connectivity index (χ1n) is 18.1. The Bertz CT molecular complexity index is 2050. The molecule has 0 bridgehead atoms. The van der Waals surface area contributed by atoms with Crippen molar-refractivity contribution in [3.8, 4) is 11.1 Å². The van der Waals surface area contributed by atoms with Crippen molar-refractivity contribution in [2.24, 2.45) is 25.9 Å². The molecule has 2 aromatic carbocycles. The number of carboxylic acid groups (broad SMARTS) is 1. The van der Waals surface area contributed by atoms with E-state index in [1.807, 2.05) is 23.2 Å². The van der Waals surface area contributed by atoms with Crippen LogP contribution in [0.3, 0.4) is 0 Å². The maximum absolute atomic E-state index is 13.7. The second-order valence-corrected chi connectivity index (χ2v) is 15.1. The first-order valence-corrected chi connectivity index (χ1v) is 18.8. The fourth-order valence-corrected chi connectivity index (χ4v) is 8.60. The molecule has 1 aliphatic carbocycles. The second kappa shape index (κ2) is 15.6. The monoisotopic (exact) mass is 762 g/mol. The molecular weight excluding hydrogens is 719 g/mol. The van der Waals surface area contributed by atoms with Gasteiger partial charge in [-0.25, -0.2) is 9.97 Å². The van der Waals surface area contributed by atoms with Crippen molar-refractivity contribution in [2.45, 2.75) is 51.6 Å².